The molecule has 1 aromatic heterocycles. The second kappa shape index (κ2) is 8.50. The number of Topliss-reactive ketones (excluding diaryl/α,β-unsaturated/α-hetero) is 1. The molecule has 2 unspecified atom stereocenters. The molecule has 1 amide bonds. The first-order valence-corrected chi connectivity index (χ1v) is 12.1. The zero-order valence-electron chi connectivity index (χ0n) is 16.7. The fourth-order valence-electron chi connectivity index (χ4n) is 3.47. The summed E-state index contributed by atoms with van der Waals surface area (Å²) in [5, 5.41) is 1.49. The lowest BCUT2D eigenvalue weighted by molar-refractivity contribution is -0.118. The minimum Gasteiger partial charge on any atom is -0.308 e. The maximum absolute atomic E-state index is 14.5. The Kier molecular flexibility index (Phi) is 6.08. The molecule has 31 heavy (non-hydrogen) atoms. The van der Waals surface area contributed by atoms with Crippen LogP contribution in [0.2, 0.25) is 5.02 Å². The molecule has 0 aliphatic carbocycles. The summed E-state index contributed by atoms with van der Waals surface area (Å²) in [7, 11) is -1.57. The number of nitrogens with one attached hydrogen (secondary N) is 1. The van der Waals surface area contributed by atoms with Crippen molar-refractivity contribution in [2.75, 3.05) is 18.6 Å². The van der Waals surface area contributed by atoms with Gasteiger partial charge in [0.2, 0.25) is 5.91 Å². The van der Waals surface area contributed by atoms with E-state index >= 15 is 0 Å². The first kappa shape index (κ1) is 22.2. The van der Waals surface area contributed by atoms with Crippen molar-refractivity contribution >= 4 is 61.2 Å². The Morgan fingerprint density at radius 1 is 1.32 bits per heavy atom. The molecule has 4 rings (SSSR count). The summed E-state index contributed by atoms with van der Waals surface area (Å²) < 4.78 is 35.6. The zero-order chi connectivity index (χ0) is 22.3. The smallest absolute Gasteiger partial charge is 0.245 e. The third-order valence-corrected chi connectivity index (χ3v) is 8.93. The Bertz CT molecular complexity index is 1190. The Morgan fingerprint density at radius 3 is 2.77 bits per heavy atom. The predicted octanol–water partition coefficient (Wildman–Crippen LogP) is 5.40. The largest absolute Gasteiger partial charge is 0.308 e. The quantitative estimate of drug-likeness (QED) is 0.459. The molecule has 1 aliphatic rings. The third kappa shape index (κ3) is 4.21. The number of amides is 1. The van der Waals surface area contributed by atoms with Gasteiger partial charge in [-0.25, -0.2) is 9.11 Å². The van der Waals surface area contributed by atoms with Crippen molar-refractivity contribution in [3.05, 3.63) is 58.9 Å². The summed E-state index contributed by atoms with van der Waals surface area (Å²) in [6, 6.07) is 10.5. The standard InChI is InChI=1S/C21H20ClFN2O4S2/c1-12(26)13-4-6-18(16(23)9-13)25-8-7-17(21(25)27)24-31(28,29-2)20-10-14-3-5-15(22)11-19(14)30-20/h3-6,9-11,17,24,28H,7-8H2,1-2H3. The lowest BCUT2D eigenvalue weighted by Crippen LogP contribution is -2.40. The minimum atomic E-state index is -2.94. The number of hydrogen-bond donors (Lipinski definition) is 2. The number of carbonyl (C=O) groups excluding carboxylic acids is 2. The van der Waals surface area contributed by atoms with Crippen molar-refractivity contribution in [3.8, 4) is 0 Å². The van der Waals surface area contributed by atoms with Crippen LogP contribution in [0.3, 0.4) is 0 Å². The highest BCUT2D eigenvalue weighted by molar-refractivity contribution is 8.24. The van der Waals surface area contributed by atoms with Gasteiger partial charge in [-0.1, -0.05) is 28.4 Å². The van der Waals surface area contributed by atoms with E-state index in [-0.39, 0.29) is 29.5 Å². The van der Waals surface area contributed by atoms with Crippen LogP contribution in [-0.2, 0) is 8.98 Å². The molecule has 1 saturated heterocycles. The summed E-state index contributed by atoms with van der Waals surface area (Å²) in [5.41, 5.74) is 0.345. The fourth-order valence-corrected chi connectivity index (χ4v) is 6.88. The highest BCUT2D eigenvalue weighted by Crippen LogP contribution is 2.54. The highest BCUT2D eigenvalue weighted by atomic mass is 35.5. The normalized spacial score (nSPS) is 19.6. The molecule has 10 heteroatoms. The van der Waals surface area contributed by atoms with Gasteiger partial charge in [0, 0.05) is 21.8 Å². The topological polar surface area (TPSA) is 78.9 Å². The maximum atomic E-state index is 14.5. The van der Waals surface area contributed by atoms with Gasteiger partial charge in [0.15, 0.2) is 5.78 Å². The number of anilines is 1. The van der Waals surface area contributed by atoms with Crippen LogP contribution in [0, 0.1) is 5.82 Å². The summed E-state index contributed by atoms with van der Waals surface area (Å²) in [6.45, 7) is 1.62. The molecule has 3 aromatic rings. The molecule has 2 aromatic carbocycles. The van der Waals surface area contributed by atoms with E-state index in [9.17, 15) is 18.5 Å². The number of thiophene rings is 1. The minimum absolute atomic E-state index is 0.103. The van der Waals surface area contributed by atoms with E-state index < -0.39 is 22.6 Å². The van der Waals surface area contributed by atoms with Gasteiger partial charge in [0.25, 0.3) is 0 Å². The van der Waals surface area contributed by atoms with Gasteiger partial charge in [-0.05, 0) is 55.1 Å². The Morgan fingerprint density at radius 2 is 2.10 bits per heavy atom. The molecule has 0 bridgehead atoms. The monoisotopic (exact) mass is 482 g/mol. The van der Waals surface area contributed by atoms with Gasteiger partial charge < -0.3 is 4.90 Å². The predicted molar refractivity (Wildman–Crippen MR) is 123 cm³/mol. The molecule has 2 heterocycles. The second-order valence-electron chi connectivity index (χ2n) is 7.11. The maximum Gasteiger partial charge on any atom is 0.245 e. The third-order valence-electron chi connectivity index (χ3n) is 5.13. The van der Waals surface area contributed by atoms with Crippen LogP contribution in [0.25, 0.3) is 10.1 Å². The van der Waals surface area contributed by atoms with E-state index in [1.807, 2.05) is 6.07 Å². The van der Waals surface area contributed by atoms with Gasteiger partial charge in [0.05, 0.1) is 12.8 Å². The molecule has 6 nitrogen and oxygen atoms in total. The van der Waals surface area contributed by atoms with Crippen molar-refractivity contribution in [2.45, 2.75) is 23.6 Å². The summed E-state index contributed by atoms with van der Waals surface area (Å²) >= 11 is 7.38. The lowest BCUT2D eigenvalue weighted by Gasteiger charge is -2.37. The van der Waals surface area contributed by atoms with E-state index in [0.717, 1.165) is 16.2 Å². The number of ketones is 1. The molecule has 1 aliphatic heterocycles. The first-order chi connectivity index (χ1) is 14.7. The molecule has 2 N–H and O–H groups in total. The van der Waals surface area contributed by atoms with Crippen LogP contribution in [0.15, 0.2) is 46.7 Å². The van der Waals surface area contributed by atoms with Gasteiger partial charge in [-0.2, -0.15) is 0 Å². The summed E-state index contributed by atoms with van der Waals surface area (Å²) in [4.78, 5) is 25.7. The van der Waals surface area contributed by atoms with Crippen LogP contribution >= 0.6 is 33.7 Å². The van der Waals surface area contributed by atoms with Crippen molar-refractivity contribution < 1.29 is 22.7 Å². The van der Waals surface area contributed by atoms with Crippen molar-refractivity contribution in [1.29, 1.82) is 0 Å². The van der Waals surface area contributed by atoms with E-state index in [0.29, 0.717) is 15.7 Å². The molecule has 1 fully saturated rings. The van der Waals surface area contributed by atoms with Crippen LogP contribution in [0.1, 0.15) is 23.7 Å². The van der Waals surface area contributed by atoms with Crippen molar-refractivity contribution in [3.63, 3.8) is 0 Å². The van der Waals surface area contributed by atoms with E-state index in [1.54, 1.807) is 18.2 Å². The Hall–Kier alpha value is -2.01. The lowest BCUT2D eigenvalue weighted by atomic mass is 10.1. The number of nitrogens with zero attached hydrogens (tertiary/aromatic N) is 1. The van der Waals surface area contributed by atoms with Crippen LogP contribution in [0.5, 0.6) is 0 Å². The number of carbonyl (C=O) groups is 2. The van der Waals surface area contributed by atoms with E-state index in [4.69, 9.17) is 15.8 Å². The molecule has 164 valence electrons. The van der Waals surface area contributed by atoms with Gasteiger partial charge in [-0.15, -0.1) is 11.3 Å². The first-order valence-electron chi connectivity index (χ1n) is 9.41. The fraction of sp³-hybridized carbons (Fsp3) is 0.238. The summed E-state index contributed by atoms with van der Waals surface area (Å²) in [6.07, 6.45) is 0.363. The molecule has 0 spiro atoms. The van der Waals surface area contributed by atoms with Crippen LogP contribution < -0.4 is 9.62 Å². The number of fused-ring (bicyclic) bond motifs is 1. The molecule has 2 atom stereocenters. The SMILES string of the molecule is COS(O)(NC1CCN(c2ccc(C(C)=O)cc2F)C1=O)c1cc2ccc(Cl)cc2s1. The van der Waals surface area contributed by atoms with Crippen molar-refractivity contribution in [1.82, 2.24) is 4.72 Å². The zero-order valence-corrected chi connectivity index (χ0v) is 19.1. The molecule has 0 saturated carbocycles. The highest BCUT2D eigenvalue weighted by Gasteiger charge is 2.38. The molecular formula is C21H20ClFN2O4S2. The number of halogens is 2. The van der Waals surface area contributed by atoms with Crippen LogP contribution in [-0.4, -0.2) is 35.9 Å². The number of hydrogen-bond acceptors (Lipinski definition) is 6. The molecule has 0 radical (unpaired) electrons. The van der Waals surface area contributed by atoms with Gasteiger partial charge >= 0.3 is 0 Å². The Balaban J connectivity index is 1.57. The van der Waals surface area contributed by atoms with E-state index in [2.05, 4.69) is 4.72 Å². The average molecular weight is 483 g/mol. The van der Waals surface area contributed by atoms with Crippen LogP contribution in [0.4, 0.5) is 10.1 Å². The number of rotatable bonds is 6. The summed E-state index contributed by atoms with van der Waals surface area (Å²) in [5.74, 6) is -1.27. The molecular weight excluding hydrogens is 463 g/mol. The van der Waals surface area contributed by atoms with Gasteiger partial charge in [0.1, 0.15) is 16.1 Å². The number of benzene rings is 2. The van der Waals surface area contributed by atoms with Crippen molar-refractivity contribution in [2.24, 2.45) is 0 Å². The second-order valence-corrected chi connectivity index (χ2v) is 11.0. The average Bonchev–Trinajstić information content (AvgIpc) is 3.31. The Labute approximate surface area is 189 Å². The van der Waals surface area contributed by atoms with E-state index in [1.165, 1.54) is 42.4 Å². The van der Waals surface area contributed by atoms with Gasteiger partial charge in [-0.3, -0.25) is 18.3 Å².